The van der Waals surface area contributed by atoms with E-state index in [1.807, 2.05) is 30.3 Å². The molecule has 2 aromatic heterocycles. The highest BCUT2D eigenvalue weighted by Crippen LogP contribution is 2.29. The smallest absolute Gasteiger partial charge is 0.149 e. The fraction of sp³-hybridized carbons (Fsp3) is 0.0769. The highest BCUT2D eigenvalue weighted by Gasteiger charge is 2.14. The summed E-state index contributed by atoms with van der Waals surface area (Å²) in [6, 6.07) is 27.0. The number of fused-ring (bicyclic) bond motifs is 2. The Bertz CT molecular complexity index is 1440. The number of para-hydroxylation sites is 2. The maximum absolute atomic E-state index is 9.81. The molecule has 0 aliphatic rings. The topological polar surface area (TPSA) is 57.4 Å². The molecule has 4 nitrogen and oxygen atoms in total. The maximum Gasteiger partial charge on any atom is 0.149 e. The van der Waals surface area contributed by atoms with Crippen LogP contribution in [0, 0.1) is 25.2 Å². The number of benzene rings is 3. The summed E-state index contributed by atoms with van der Waals surface area (Å²) < 4.78 is 2.25. The average Bonchev–Trinajstić information content (AvgIpc) is 3.32. The fourth-order valence-corrected chi connectivity index (χ4v) is 4.10. The quantitative estimate of drug-likeness (QED) is 0.375. The number of H-pyrrole nitrogens is 1. The van der Waals surface area contributed by atoms with Crippen molar-refractivity contribution in [3.8, 4) is 11.8 Å². The van der Waals surface area contributed by atoms with Crippen LogP contribution in [0.15, 0.2) is 72.8 Å². The summed E-state index contributed by atoms with van der Waals surface area (Å²) in [4.78, 5) is 7.84. The van der Waals surface area contributed by atoms with Crippen molar-refractivity contribution < 1.29 is 0 Å². The number of imidazole rings is 1. The van der Waals surface area contributed by atoms with Gasteiger partial charge in [0.1, 0.15) is 11.9 Å². The van der Waals surface area contributed by atoms with Crippen LogP contribution in [0.3, 0.4) is 0 Å². The minimum absolute atomic E-state index is 0.518. The van der Waals surface area contributed by atoms with Gasteiger partial charge in [-0.2, -0.15) is 5.26 Å². The SMILES string of the molecule is Cc1cc(/C=C(\C#N)c2nc3ccccc3[nH]2)c(C)n1-c1cccc2ccccc12. The van der Waals surface area contributed by atoms with E-state index in [0.29, 0.717) is 11.4 Å². The Hall–Kier alpha value is -4.10. The Kier molecular flexibility index (Phi) is 4.22. The van der Waals surface area contributed by atoms with E-state index in [0.717, 1.165) is 33.7 Å². The van der Waals surface area contributed by atoms with Gasteiger partial charge in [-0.05, 0) is 55.1 Å². The number of nitriles is 1. The number of aryl methyl sites for hydroxylation is 1. The summed E-state index contributed by atoms with van der Waals surface area (Å²) in [7, 11) is 0. The normalized spacial score (nSPS) is 11.8. The lowest BCUT2D eigenvalue weighted by Crippen LogP contribution is -2.00. The Balaban J connectivity index is 1.65. The van der Waals surface area contributed by atoms with Gasteiger partial charge in [-0.15, -0.1) is 0 Å². The zero-order chi connectivity index (χ0) is 20.7. The van der Waals surface area contributed by atoms with Crippen LogP contribution in [0.2, 0.25) is 0 Å². The second kappa shape index (κ2) is 7.06. The van der Waals surface area contributed by atoms with E-state index in [2.05, 4.69) is 83.0 Å². The van der Waals surface area contributed by atoms with Gasteiger partial charge in [-0.25, -0.2) is 4.98 Å². The molecule has 0 unspecified atom stereocenters. The van der Waals surface area contributed by atoms with Crippen LogP contribution in [-0.4, -0.2) is 14.5 Å². The van der Waals surface area contributed by atoms with E-state index < -0.39 is 0 Å². The maximum atomic E-state index is 9.81. The molecule has 4 heteroatoms. The van der Waals surface area contributed by atoms with E-state index in [4.69, 9.17) is 0 Å². The van der Waals surface area contributed by atoms with Gasteiger partial charge in [-0.3, -0.25) is 0 Å². The van der Waals surface area contributed by atoms with Crippen LogP contribution in [0.4, 0.5) is 0 Å². The summed E-state index contributed by atoms with van der Waals surface area (Å²) >= 11 is 0. The summed E-state index contributed by atoms with van der Waals surface area (Å²) in [6.07, 6.45) is 1.92. The number of allylic oxidation sites excluding steroid dienone is 1. The number of aromatic nitrogens is 3. The van der Waals surface area contributed by atoms with E-state index >= 15 is 0 Å². The van der Waals surface area contributed by atoms with Gasteiger partial charge < -0.3 is 9.55 Å². The van der Waals surface area contributed by atoms with Crippen LogP contribution < -0.4 is 0 Å². The lowest BCUT2D eigenvalue weighted by Gasteiger charge is -2.13. The minimum atomic E-state index is 0.518. The van der Waals surface area contributed by atoms with E-state index in [1.165, 1.54) is 10.8 Å². The molecule has 144 valence electrons. The first kappa shape index (κ1) is 18.0. The standard InChI is InChI=1S/C26H20N4/c1-17-14-20(15-21(16-27)26-28-23-11-5-6-12-24(23)29-26)18(2)30(17)25-13-7-9-19-8-3-4-10-22(19)25/h3-15H,1-2H3,(H,28,29)/b21-15+. The zero-order valence-corrected chi connectivity index (χ0v) is 16.8. The number of rotatable bonds is 3. The first-order chi connectivity index (χ1) is 14.7. The van der Waals surface area contributed by atoms with Crippen molar-refractivity contribution in [3.05, 3.63) is 95.6 Å². The van der Waals surface area contributed by atoms with Crippen molar-refractivity contribution >= 4 is 33.5 Å². The highest BCUT2D eigenvalue weighted by molar-refractivity contribution is 5.92. The molecule has 1 N–H and O–H groups in total. The second-order valence-electron chi connectivity index (χ2n) is 7.43. The fourth-order valence-electron chi connectivity index (χ4n) is 4.10. The molecule has 0 amide bonds. The highest BCUT2D eigenvalue weighted by atomic mass is 15.0. The van der Waals surface area contributed by atoms with E-state index in [-0.39, 0.29) is 0 Å². The van der Waals surface area contributed by atoms with Gasteiger partial charge in [0.05, 0.1) is 22.3 Å². The van der Waals surface area contributed by atoms with Crippen LogP contribution in [0.25, 0.3) is 39.1 Å². The first-order valence-electron chi connectivity index (χ1n) is 9.90. The Labute approximate surface area is 174 Å². The monoisotopic (exact) mass is 388 g/mol. The lowest BCUT2D eigenvalue weighted by atomic mass is 10.1. The molecule has 2 heterocycles. The van der Waals surface area contributed by atoms with Crippen LogP contribution >= 0.6 is 0 Å². The van der Waals surface area contributed by atoms with Crippen LogP contribution in [0.5, 0.6) is 0 Å². The Morgan fingerprint density at radius 1 is 1.00 bits per heavy atom. The van der Waals surface area contributed by atoms with Crippen molar-refractivity contribution in [3.63, 3.8) is 0 Å². The molecule has 0 saturated heterocycles. The molecule has 0 spiro atoms. The number of nitrogens with one attached hydrogen (secondary N) is 1. The molecule has 0 saturated carbocycles. The molecular formula is C26H20N4. The number of hydrogen-bond donors (Lipinski definition) is 1. The minimum Gasteiger partial charge on any atom is -0.337 e. The number of aromatic amines is 1. The number of hydrogen-bond acceptors (Lipinski definition) is 2. The second-order valence-corrected chi connectivity index (χ2v) is 7.43. The Morgan fingerprint density at radius 3 is 2.60 bits per heavy atom. The van der Waals surface area contributed by atoms with Gasteiger partial charge in [0.25, 0.3) is 0 Å². The lowest BCUT2D eigenvalue weighted by molar-refractivity contribution is 0.973. The summed E-state index contributed by atoms with van der Waals surface area (Å²) in [5.74, 6) is 0.591. The summed E-state index contributed by atoms with van der Waals surface area (Å²) in [5, 5.41) is 12.2. The molecule has 5 rings (SSSR count). The third-order valence-corrected chi connectivity index (χ3v) is 5.54. The van der Waals surface area contributed by atoms with E-state index in [1.54, 1.807) is 0 Å². The molecular weight excluding hydrogens is 368 g/mol. The third-order valence-electron chi connectivity index (χ3n) is 5.54. The predicted molar refractivity (Wildman–Crippen MR) is 122 cm³/mol. The molecule has 3 aromatic carbocycles. The number of nitrogens with zero attached hydrogens (tertiary/aromatic N) is 3. The van der Waals surface area contributed by atoms with Crippen molar-refractivity contribution in [1.82, 2.24) is 14.5 Å². The van der Waals surface area contributed by atoms with E-state index in [9.17, 15) is 5.26 Å². The molecule has 30 heavy (non-hydrogen) atoms. The zero-order valence-electron chi connectivity index (χ0n) is 16.8. The van der Waals surface area contributed by atoms with Crippen molar-refractivity contribution in [2.24, 2.45) is 0 Å². The summed E-state index contributed by atoms with van der Waals surface area (Å²) in [6.45, 7) is 4.19. The molecule has 5 aromatic rings. The van der Waals surface area contributed by atoms with Gasteiger partial charge in [0.15, 0.2) is 0 Å². The predicted octanol–water partition coefficient (Wildman–Crippen LogP) is 6.19. The first-order valence-corrected chi connectivity index (χ1v) is 9.90. The van der Waals surface area contributed by atoms with Crippen molar-refractivity contribution in [1.29, 1.82) is 5.26 Å². The van der Waals surface area contributed by atoms with Crippen molar-refractivity contribution in [2.75, 3.05) is 0 Å². The average molecular weight is 388 g/mol. The molecule has 0 bridgehead atoms. The van der Waals surface area contributed by atoms with Crippen LogP contribution in [0.1, 0.15) is 22.8 Å². The van der Waals surface area contributed by atoms with Gasteiger partial charge in [0, 0.05) is 16.8 Å². The molecule has 0 atom stereocenters. The van der Waals surface area contributed by atoms with Gasteiger partial charge in [0.2, 0.25) is 0 Å². The third kappa shape index (κ3) is 2.89. The Morgan fingerprint density at radius 2 is 1.77 bits per heavy atom. The molecule has 0 radical (unpaired) electrons. The molecule has 0 aliphatic carbocycles. The molecule has 0 aliphatic heterocycles. The summed E-state index contributed by atoms with van der Waals surface area (Å²) in [5.41, 5.74) is 6.67. The van der Waals surface area contributed by atoms with Gasteiger partial charge >= 0.3 is 0 Å². The largest absolute Gasteiger partial charge is 0.337 e. The molecule has 0 fully saturated rings. The van der Waals surface area contributed by atoms with Crippen molar-refractivity contribution in [2.45, 2.75) is 13.8 Å². The van der Waals surface area contributed by atoms with Gasteiger partial charge in [-0.1, -0.05) is 48.5 Å². The van der Waals surface area contributed by atoms with Crippen LogP contribution in [-0.2, 0) is 0 Å².